The van der Waals surface area contributed by atoms with Crippen LogP contribution in [0.5, 0.6) is 5.75 Å². The van der Waals surface area contributed by atoms with Crippen molar-refractivity contribution in [2.75, 3.05) is 12.4 Å². The number of anilines is 1. The number of hydrogen-bond acceptors (Lipinski definition) is 6. The van der Waals surface area contributed by atoms with Crippen LogP contribution in [0.15, 0.2) is 30.5 Å². The number of nitrogens with zero attached hydrogens (tertiary/aromatic N) is 1. The standard InChI is InChI=1S/C22H19F7N2O5/c1-9-14(11-4-5-12(23)15(24)16(11)35-20(25)26)17(36-21(9,2)22(27,28)29)18(32)31-10-6-7-30-13(8-10)19(33)34-3/h4-9,14,17,20H,1-3H3,(H,30,31,32). The molecule has 36 heavy (non-hydrogen) atoms. The second-order valence-electron chi connectivity index (χ2n) is 8.03. The molecule has 0 radical (unpaired) electrons. The van der Waals surface area contributed by atoms with Crippen LogP contribution in [0.25, 0.3) is 0 Å². The van der Waals surface area contributed by atoms with Crippen LogP contribution in [0, 0.1) is 17.6 Å². The lowest BCUT2D eigenvalue weighted by Gasteiger charge is -2.32. The van der Waals surface area contributed by atoms with Crippen molar-refractivity contribution in [2.24, 2.45) is 5.92 Å². The summed E-state index contributed by atoms with van der Waals surface area (Å²) in [6.07, 6.45) is -5.95. The van der Waals surface area contributed by atoms with E-state index in [0.29, 0.717) is 13.0 Å². The van der Waals surface area contributed by atoms with Gasteiger partial charge in [0.25, 0.3) is 5.91 Å². The number of pyridine rings is 1. The smallest absolute Gasteiger partial charge is 0.417 e. The Balaban J connectivity index is 2.09. The van der Waals surface area contributed by atoms with Crippen LogP contribution < -0.4 is 10.1 Å². The molecule has 1 amide bonds. The summed E-state index contributed by atoms with van der Waals surface area (Å²) in [5.74, 6) is -10.2. The minimum atomic E-state index is -5.04. The Kier molecular flexibility index (Phi) is 7.48. The maximum absolute atomic E-state index is 14.4. The largest absolute Gasteiger partial charge is 0.464 e. The minimum absolute atomic E-state index is 0.0830. The fraction of sp³-hybridized carbons (Fsp3) is 0.409. The Labute approximate surface area is 199 Å². The second kappa shape index (κ2) is 9.91. The summed E-state index contributed by atoms with van der Waals surface area (Å²) < 4.78 is 110. The monoisotopic (exact) mass is 524 g/mol. The molecule has 14 heteroatoms. The lowest BCUT2D eigenvalue weighted by Crippen LogP contribution is -2.47. The lowest BCUT2D eigenvalue weighted by molar-refractivity contribution is -0.272. The SMILES string of the molecule is COC(=O)c1cc(NC(=O)C2OC(C)(C(F)(F)F)C(C)C2c2ccc(F)c(F)c2OC(F)F)ccn1. The molecule has 4 atom stereocenters. The van der Waals surface area contributed by atoms with Gasteiger partial charge in [0.15, 0.2) is 17.2 Å². The summed E-state index contributed by atoms with van der Waals surface area (Å²) in [4.78, 5) is 28.5. The van der Waals surface area contributed by atoms with Gasteiger partial charge in [-0.25, -0.2) is 14.2 Å². The van der Waals surface area contributed by atoms with Crippen molar-refractivity contribution in [3.8, 4) is 5.75 Å². The van der Waals surface area contributed by atoms with Crippen LogP contribution in [0.3, 0.4) is 0 Å². The first kappa shape index (κ1) is 27.2. The molecule has 0 bridgehead atoms. The molecule has 1 N–H and O–H groups in total. The van der Waals surface area contributed by atoms with E-state index in [1.807, 2.05) is 0 Å². The highest BCUT2D eigenvalue weighted by molar-refractivity contribution is 5.96. The fourth-order valence-corrected chi connectivity index (χ4v) is 3.98. The molecule has 196 valence electrons. The first-order chi connectivity index (χ1) is 16.7. The number of amides is 1. The average molecular weight is 524 g/mol. The summed E-state index contributed by atoms with van der Waals surface area (Å²) in [7, 11) is 1.08. The van der Waals surface area contributed by atoms with Crippen molar-refractivity contribution in [2.45, 2.75) is 44.3 Å². The normalized spacial score (nSPS) is 24.0. The van der Waals surface area contributed by atoms with Gasteiger partial charge in [0.05, 0.1) is 7.11 Å². The van der Waals surface area contributed by atoms with E-state index in [1.54, 1.807) is 0 Å². The number of carbonyl (C=O) groups excluding carboxylic acids is 2. The lowest BCUT2D eigenvalue weighted by atomic mass is 9.77. The zero-order valence-electron chi connectivity index (χ0n) is 18.8. The molecule has 0 spiro atoms. The molecule has 1 aliphatic rings. The number of methoxy groups -OCH3 is 1. The number of aromatic nitrogens is 1. The van der Waals surface area contributed by atoms with Crippen LogP contribution in [-0.2, 0) is 14.3 Å². The fourth-order valence-electron chi connectivity index (χ4n) is 3.98. The molecule has 1 aromatic carbocycles. The molecule has 4 unspecified atom stereocenters. The Morgan fingerprint density at radius 2 is 1.86 bits per heavy atom. The third-order valence-corrected chi connectivity index (χ3v) is 6.00. The predicted octanol–water partition coefficient (Wildman–Crippen LogP) is 4.83. The van der Waals surface area contributed by atoms with Gasteiger partial charge in [-0.2, -0.15) is 26.3 Å². The van der Waals surface area contributed by atoms with E-state index in [0.717, 1.165) is 32.4 Å². The van der Waals surface area contributed by atoms with Gasteiger partial charge in [0, 0.05) is 29.3 Å². The number of alkyl halides is 5. The number of hydrogen-bond donors (Lipinski definition) is 1. The molecule has 3 rings (SSSR count). The zero-order chi connectivity index (χ0) is 27.0. The highest BCUT2D eigenvalue weighted by Crippen LogP contribution is 2.55. The average Bonchev–Trinajstić information content (AvgIpc) is 3.08. The van der Waals surface area contributed by atoms with E-state index in [-0.39, 0.29) is 11.4 Å². The molecule has 7 nitrogen and oxygen atoms in total. The number of nitrogens with one attached hydrogen (secondary N) is 1. The summed E-state index contributed by atoms with van der Waals surface area (Å²) in [6, 6.07) is 3.55. The van der Waals surface area contributed by atoms with Crippen LogP contribution in [0.4, 0.5) is 36.4 Å². The molecule has 2 heterocycles. The molecule has 1 aliphatic heterocycles. The number of benzene rings is 1. The van der Waals surface area contributed by atoms with Gasteiger partial charge >= 0.3 is 18.8 Å². The van der Waals surface area contributed by atoms with Gasteiger partial charge in [0.2, 0.25) is 5.82 Å². The molecular formula is C22H19F7N2O5. The Bertz CT molecular complexity index is 1160. The molecule has 2 aromatic rings. The number of rotatable bonds is 6. The van der Waals surface area contributed by atoms with E-state index in [4.69, 9.17) is 4.74 Å². The topological polar surface area (TPSA) is 86.8 Å². The Morgan fingerprint density at radius 3 is 2.44 bits per heavy atom. The van der Waals surface area contributed by atoms with E-state index >= 15 is 0 Å². The zero-order valence-corrected chi connectivity index (χ0v) is 18.8. The van der Waals surface area contributed by atoms with Crippen LogP contribution >= 0.6 is 0 Å². The van der Waals surface area contributed by atoms with Crippen LogP contribution in [0.1, 0.15) is 35.8 Å². The van der Waals surface area contributed by atoms with Crippen molar-refractivity contribution in [1.29, 1.82) is 0 Å². The van der Waals surface area contributed by atoms with Crippen LogP contribution in [0.2, 0.25) is 0 Å². The summed E-state index contributed by atoms with van der Waals surface area (Å²) in [5, 5.41) is 2.26. The van der Waals surface area contributed by atoms with E-state index < -0.39 is 71.2 Å². The van der Waals surface area contributed by atoms with Crippen molar-refractivity contribution in [3.05, 3.63) is 53.4 Å². The molecule has 0 aliphatic carbocycles. The molecule has 1 fully saturated rings. The van der Waals surface area contributed by atoms with Gasteiger partial charge in [-0.15, -0.1) is 0 Å². The Morgan fingerprint density at radius 1 is 1.19 bits per heavy atom. The number of esters is 1. The third kappa shape index (κ3) is 4.94. The molecule has 0 saturated carbocycles. The highest BCUT2D eigenvalue weighted by atomic mass is 19.4. The molecule has 1 saturated heterocycles. The van der Waals surface area contributed by atoms with Crippen molar-refractivity contribution >= 4 is 17.6 Å². The summed E-state index contributed by atoms with van der Waals surface area (Å²) in [6.45, 7) is -1.97. The van der Waals surface area contributed by atoms with Crippen molar-refractivity contribution in [1.82, 2.24) is 4.98 Å². The maximum atomic E-state index is 14.4. The summed E-state index contributed by atoms with van der Waals surface area (Å²) >= 11 is 0. The van der Waals surface area contributed by atoms with Gasteiger partial charge < -0.3 is 19.5 Å². The Hall–Kier alpha value is -3.42. The van der Waals surface area contributed by atoms with E-state index in [9.17, 15) is 40.3 Å². The molecular weight excluding hydrogens is 505 g/mol. The number of ether oxygens (including phenoxy) is 3. The van der Waals surface area contributed by atoms with Gasteiger partial charge in [0.1, 0.15) is 11.8 Å². The van der Waals surface area contributed by atoms with Gasteiger partial charge in [-0.05, 0) is 25.1 Å². The maximum Gasteiger partial charge on any atom is 0.417 e. The minimum Gasteiger partial charge on any atom is -0.464 e. The van der Waals surface area contributed by atoms with E-state index in [2.05, 4.69) is 19.8 Å². The van der Waals surface area contributed by atoms with E-state index in [1.165, 1.54) is 6.07 Å². The first-order valence-corrected chi connectivity index (χ1v) is 10.2. The van der Waals surface area contributed by atoms with Gasteiger partial charge in [-0.1, -0.05) is 13.0 Å². The van der Waals surface area contributed by atoms with Gasteiger partial charge in [-0.3, -0.25) is 4.79 Å². The first-order valence-electron chi connectivity index (χ1n) is 10.2. The second-order valence-corrected chi connectivity index (χ2v) is 8.03. The quantitative estimate of drug-likeness (QED) is 0.431. The number of halogens is 7. The predicted molar refractivity (Wildman–Crippen MR) is 108 cm³/mol. The van der Waals surface area contributed by atoms with Crippen molar-refractivity contribution < 1.29 is 54.5 Å². The third-order valence-electron chi connectivity index (χ3n) is 6.00. The van der Waals surface area contributed by atoms with Crippen LogP contribution in [-0.4, -0.2) is 48.5 Å². The summed E-state index contributed by atoms with van der Waals surface area (Å²) in [5.41, 5.74) is -3.93. The van der Waals surface area contributed by atoms with Crippen molar-refractivity contribution in [3.63, 3.8) is 0 Å². The highest BCUT2D eigenvalue weighted by Gasteiger charge is 2.66. The molecule has 1 aromatic heterocycles. The number of carbonyl (C=O) groups is 2.